The molecule has 0 spiro atoms. The highest BCUT2D eigenvalue weighted by Crippen LogP contribution is 2.18. The lowest BCUT2D eigenvalue weighted by atomic mass is 10.2. The van der Waals surface area contributed by atoms with E-state index in [-0.39, 0.29) is 12.0 Å². The van der Waals surface area contributed by atoms with Crippen molar-refractivity contribution in [1.29, 1.82) is 0 Å². The number of aromatic nitrogens is 4. The lowest BCUT2D eigenvalue weighted by Crippen LogP contribution is -2.31. The van der Waals surface area contributed by atoms with Gasteiger partial charge in [0, 0.05) is 19.3 Å². The molecule has 1 saturated heterocycles. The summed E-state index contributed by atoms with van der Waals surface area (Å²) in [5, 5.41) is 10.6. The van der Waals surface area contributed by atoms with Gasteiger partial charge in [0.15, 0.2) is 5.82 Å². The van der Waals surface area contributed by atoms with Crippen LogP contribution in [0.5, 0.6) is 0 Å². The minimum atomic E-state index is -0.213. The first kappa shape index (κ1) is 14.0. The fourth-order valence-electron chi connectivity index (χ4n) is 2.17. The van der Waals surface area contributed by atoms with Gasteiger partial charge in [0.25, 0.3) is 5.91 Å². The third-order valence-electron chi connectivity index (χ3n) is 3.26. The van der Waals surface area contributed by atoms with Crippen molar-refractivity contribution in [3.05, 3.63) is 35.5 Å². The van der Waals surface area contributed by atoms with Crippen LogP contribution in [0.25, 0.3) is 5.82 Å². The van der Waals surface area contributed by atoms with Crippen LogP contribution >= 0.6 is 11.6 Å². The second-order valence-corrected chi connectivity index (χ2v) is 5.15. The fraction of sp³-hybridized carbons (Fsp3) is 0.385. The van der Waals surface area contributed by atoms with Gasteiger partial charge in [-0.2, -0.15) is 0 Å². The summed E-state index contributed by atoms with van der Waals surface area (Å²) in [6.45, 7) is 1.27. The molecule has 1 N–H and O–H groups in total. The Morgan fingerprint density at radius 2 is 2.29 bits per heavy atom. The van der Waals surface area contributed by atoms with Crippen LogP contribution in [0.4, 0.5) is 0 Å². The molecule has 0 aromatic carbocycles. The number of carbonyl (C=O) groups excluding carboxylic acids is 1. The molecule has 1 atom stereocenters. The standard InChI is InChI=1S/C13H14ClN5O2/c14-11-4-9(5-15-12(11)19-7-17-18-8-19)13(20)16-6-10-2-1-3-21-10/h4-5,7-8,10H,1-3,6H2,(H,16,20). The zero-order valence-electron chi connectivity index (χ0n) is 11.2. The van der Waals surface area contributed by atoms with Crippen molar-refractivity contribution < 1.29 is 9.53 Å². The summed E-state index contributed by atoms with van der Waals surface area (Å²) in [4.78, 5) is 16.2. The van der Waals surface area contributed by atoms with Crippen molar-refractivity contribution in [2.24, 2.45) is 0 Å². The third kappa shape index (κ3) is 3.20. The largest absolute Gasteiger partial charge is 0.376 e. The first-order valence-electron chi connectivity index (χ1n) is 6.64. The number of pyridine rings is 1. The summed E-state index contributed by atoms with van der Waals surface area (Å²) in [6, 6.07) is 1.58. The van der Waals surface area contributed by atoms with E-state index in [1.807, 2.05) is 0 Å². The summed E-state index contributed by atoms with van der Waals surface area (Å²) in [7, 11) is 0. The number of nitrogens with zero attached hydrogens (tertiary/aromatic N) is 4. The Morgan fingerprint density at radius 1 is 1.48 bits per heavy atom. The van der Waals surface area contributed by atoms with Crippen LogP contribution in [0.15, 0.2) is 24.9 Å². The Kier molecular flexibility index (Phi) is 4.12. The second kappa shape index (κ2) is 6.19. The number of ether oxygens (including phenoxy) is 1. The predicted octanol–water partition coefficient (Wildman–Crippen LogP) is 1.22. The minimum Gasteiger partial charge on any atom is -0.376 e. The van der Waals surface area contributed by atoms with Crippen LogP contribution in [0.1, 0.15) is 23.2 Å². The summed E-state index contributed by atoms with van der Waals surface area (Å²) >= 11 is 6.15. The topological polar surface area (TPSA) is 81.9 Å². The highest BCUT2D eigenvalue weighted by Gasteiger charge is 2.17. The Labute approximate surface area is 126 Å². The summed E-state index contributed by atoms with van der Waals surface area (Å²) in [6.07, 6.45) is 6.59. The molecule has 0 aliphatic carbocycles. The number of nitrogens with one attached hydrogen (secondary N) is 1. The number of amides is 1. The van der Waals surface area contributed by atoms with Crippen LogP contribution in [0.3, 0.4) is 0 Å². The molecular weight excluding hydrogens is 294 g/mol. The average Bonchev–Trinajstić information content (AvgIpc) is 3.17. The molecule has 0 radical (unpaired) electrons. The summed E-state index contributed by atoms with van der Waals surface area (Å²) in [5.74, 6) is 0.271. The molecule has 110 valence electrons. The van der Waals surface area contributed by atoms with Gasteiger partial charge in [0.1, 0.15) is 12.7 Å². The Hall–Kier alpha value is -1.99. The monoisotopic (exact) mass is 307 g/mol. The van der Waals surface area contributed by atoms with E-state index in [4.69, 9.17) is 16.3 Å². The SMILES string of the molecule is O=C(NCC1CCCO1)c1cnc(-n2cnnc2)c(Cl)c1. The van der Waals surface area contributed by atoms with Crippen molar-refractivity contribution in [3.8, 4) is 5.82 Å². The molecule has 21 heavy (non-hydrogen) atoms. The molecule has 2 aromatic rings. The molecule has 1 unspecified atom stereocenters. The van der Waals surface area contributed by atoms with Crippen molar-refractivity contribution in [2.45, 2.75) is 18.9 Å². The van der Waals surface area contributed by atoms with Crippen LogP contribution in [0.2, 0.25) is 5.02 Å². The van der Waals surface area contributed by atoms with Crippen molar-refractivity contribution in [1.82, 2.24) is 25.1 Å². The molecule has 1 fully saturated rings. The highest BCUT2D eigenvalue weighted by atomic mass is 35.5. The average molecular weight is 308 g/mol. The van der Waals surface area contributed by atoms with Crippen molar-refractivity contribution in [2.75, 3.05) is 13.2 Å². The van der Waals surface area contributed by atoms with E-state index in [0.29, 0.717) is 22.9 Å². The molecule has 1 amide bonds. The van der Waals surface area contributed by atoms with E-state index in [9.17, 15) is 4.79 Å². The van der Waals surface area contributed by atoms with Crippen LogP contribution < -0.4 is 5.32 Å². The van der Waals surface area contributed by atoms with Gasteiger partial charge >= 0.3 is 0 Å². The van der Waals surface area contributed by atoms with Crippen molar-refractivity contribution >= 4 is 17.5 Å². The van der Waals surface area contributed by atoms with E-state index in [1.165, 1.54) is 18.9 Å². The maximum absolute atomic E-state index is 12.1. The lowest BCUT2D eigenvalue weighted by Gasteiger charge is -2.11. The molecule has 7 nitrogen and oxygen atoms in total. The molecule has 1 aliphatic heterocycles. The van der Waals surface area contributed by atoms with E-state index < -0.39 is 0 Å². The fourth-order valence-corrected chi connectivity index (χ4v) is 2.43. The second-order valence-electron chi connectivity index (χ2n) is 4.74. The van der Waals surface area contributed by atoms with Crippen LogP contribution in [-0.2, 0) is 4.74 Å². The number of halogens is 1. The summed E-state index contributed by atoms with van der Waals surface area (Å²) in [5.41, 5.74) is 0.412. The maximum Gasteiger partial charge on any atom is 0.252 e. The quantitative estimate of drug-likeness (QED) is 0.918. The van der Waals surface area contributed by atoms with Gasteiger partial charge in [0.2, 0.25) is 0 Å². The molecular formula is C13H14ClN5O2. The molecule has 2 aromatic heterocycles. The van der Waals surface area contributed by atoms with E-state index >= 15 is 0 Å². The Morgan fingerprint density at radius 3 is 2.95 bits per heavy atom. The Bertz CT molecular complexity index is 625. The number of hydrogen-bond donors (Lipinski definition) is 1. The van der Waals surface area contributed by atoms with E-state index in [2.05, 4.69) is 20.5 Å². The van der Waals surface area contributed by atoms with Gasteiger partial charge in [0.05, 0.1) is 16.7 Å². The van der Waals surface area contributed by atoms with Gasteiger partial charge < -0.3 is 10.1 Å². The predicted molar refractivity (Wildman–Crippen MR) is 75.5 cm³/mol. The maximum atomic E-state index is 12.1. The van der Waals surface area contributed by atoms with Crippen LogP contribution in [0, 0.1) is 0 Å². The lowest BCUT2D eigenvalue weighted by molar-refractivity contribution is 0.0857. The number of carbonyl (C=O) groups is 1. The first-order valence-corrected chi connectivity index (χ1v) is 7.02. The van der Waals surface area contributed by atoms with Gasteiger partial charge in [-0.1, -0.05) is 11.6 Å². The smallest absolute Gasteiger partial charge is 0.252 e. The van der Waals surface area contributed by atoms with Gasteiger partial charge in [-0.05, 0) is 18.9 Å². The molecule has 3 rings (SSSR count). The third-order valence-corrected chi connectivity index (χ3v) is 3.54. The number of rotatable bonds is 4. The molecule has 0 saturated carbocycles. The van der Waals surface area contributed by atoms with Gasteiger partial charge in [-0.15, -0.1) is 10.2 Å². The van der Waals surface area contributed by atoms with Crippen LogP contribution in [-0.4, -0.2) is 44.9 Å². The highest BCUT2D eigenvalue weighted by molar-refractivity contribution is 6.32. The van der Waals surface area contributed by atoms with E-state index in [1.54, 1.807) is 10.6 Å². The molecule has 0 bridgehead atoms. The minimum absolute atomic E-state index is 0.105. The number of hydrogen-bond acceptors (Lipinski definition) is 5. The first-order chi connectivity index (χ1) is 10.2. The Balaban J connectivity index is 1.68. The van der Waals surface area contributed by atoms with E-state index in [0.717, 1.165) is 19.4 Å². The normalized spacial score (nSPS) is 17.9. The van der Waals surface area contributed by atoms with Gasteiger partial charge in [-0.25, -0.2) is 4.98 Å². The molecule has 1 aliphatic rings. The van der Waals surface area contributed by atoms with Gasteiger partial charge in [-0.3, -0.25) is 9.36 Å². The van der Waals surface area contributed by atoms with Crippen molar-refractivity contribution in [3.63, 3.8) is 0 Å². The summed E-state index contributed by atoms with van der Waals surface area (Å²) < 4.78 is 7.04. The zero-order valence-corrected chi connectivity index (χ0v) is 12.0. The molecule has 8 heteroatoms. The zero-order chi connectivity index (χ0) is 14.7. The molecule has 3 heterocycles.